The highest BCUT2D eigenvalue weighted by Crippen LogP contribution is 2.33. The number of nitrogens with zero attached hydrogens (tertiary/aromatic N) is 2. The van der Waals surface area contributed by atoms with Crippen LogP contribution in [-0.2, 0) is 0 Å². The van der Waals surface area contributed by atoms with E-state index >= 15 is 0 Å². The maximum atomic E-state index is 9.92. The monoisotopic (exact) mass is 286 g/mol. The van der Waals surface area contributed by atoms with Crippen molar-refractivity contribution in [2.45, 2.75) is 26.0 Å². The predicted molar refractivity (Wildman–Crippen MR) is 82.9 cm³/mol. The molecule has 0 fully saturated rings. The summed E-state index contributed by atoms with van der Waals surface area (Å²) in [5, 5.41) is 21.0. The third-order valence-corrected chi connectivity index (χ3v) is 4.57. The number of nitriles is 1. The van der Waals surface area contributed by atoms with Crippen LogP contribution in [0.15, 0.2) is 35.7 Å². The van der Waals surface area contributed by atoms with E-state index in [1.165, 1.54) is 4.88 Å². The van der Waals surface area contributed by atoms with E-state index in [0.29, 0.717) is 5.56 Å². The molecular weight excluding hydrogens is 268 g/mol. The summed E-state index contributed by atoms with van der Waals surface area (Å²) in [6.45, 7) is 3.87. The molecule has 20 heavy (non-hydrogen) atoms. The molecular formula is C16H18N2OS. The van der Waals surface area contributed by atoms with Crippen molar-refractivity contribution >= 4 is 17.0 Å². The van der Waals surface area contributed by atoms with Gasteiger partial charge in [0.2, 0.25) is 0 Å². The van der Waals surface area contributed by atoms with Crippen LogP contribution >= 0.6 is 11.3 Å². The zero-order valence-electron chi connectivity index (χ0n) is 11.9. The topological polar surface area (TPSA) is 47.3 Å². The van der Waals surface area contributed by atoms with E-state index in [1.807, 2.05) is 25.2 Å². The van der Waals surface area contributed by atoms with Gasteiger partial charge in [0.25, 0.3) is 0 Å². The first-order valence-electron chi connectivity index (χ1n) is 6.53. The Hall–Kier alpha value is -1.83. The molecule has 0 spiro atoms. The Morgan fingerprint density at radius 2 is 2.05 bits per heavy atom. The van der Waals surface area contributed by atoms with Gasteiger partial charge in [-0.25, -0.2) is 0 Å². The van der Waals surface area contributed by atoms with Crippen LogP contribution in [0.1, 0.15) is 42.0 Å². The third kappa shape index (κ3) is 2.84. The molecule has 104 valence electrons. The standard InChI is InChI=1S/C16H18N2OS/c1-11(16-5-4-8-20-16)18(3)15-9-13(10-17)6-7-14(15)12(2)19/h4-9,11-12,19H,1-3H3/t11?,12-/m1/s1. The summed E-state index contributed by atoms with van der Waals surface area (Å²) in [6.07, 6.45) is -0.560. The lowest BCUT2D eigenvalue weighted by atomic mass is 10.0. The third-order valence-electron chi connectivity index (χ3n) is 3.53. The highest BCUT2D eigenvalue weighted by atomic mass is 32.1. The Bertz CT molecular complexity index is 614. The van der Waals surface area contributed by atoms with Gasteiger partial charge >= 0.3 is 0 Å². The molecule has 1 heterocycles. The van der Waals surface area contributed by atoms with Gasteiger partial charge in [-0.2, -0.15) is 5.26 Å². The van der Waals surface area contributed by atoms with Crippen LogP contribution in [0.5, 0.6) is 0 Å². The van der Waals surface area contributed by atoms with Gasteiger partial charge in [-0.05, 0) is 37.4 Å². The second-order valence-corrected chi connectivity index (χ2v) is 5.84. The van der Waals surface area contributed by atoms with Crippen LogP contribution in [-0.4, -0.2) is 12.2 Å². The SMILES string of the molecule is CC(c1cccs1)N(C)c1cc(C#N)ccc1[C@@H](C)O. The van der Waals surface area contributed by atoms with Crippen LogP contribution in [0.4, 0.5) is 5.69 Å². The first-order valence-corrected chi connectivity index (χ1v) is 7.41. The molecule has 1 aromatic carbocycles. The summed E-state index contributed by atoms with van der Waals surface area (Å²) >= 11 is 1.71. The van der Waals surface area contributed by atoms with Crippen molar-refractivity contribution in [3.8, 4) is 6.07 Å². The number of hydrogen-bond acceptors (Lipinski definition) is 4. The fourth-order valence-electron chi connectivity index (χ4n) is 2.20. The summed E-state index contributed by atoms with van der Waals surface area (Å²) < 4.78 is 0. The van der Waals surface area contributed by atoms with Gasteiger partial charge < -0.3 is 10.0 Å². The minimum atomic E-state index is -0.560. The highest BCUT2D eigenvalue weighted by molar-refractivity contribution is 7.10. The molecule has 0 saturated carbocycles. The molecule has 0 aliphatic heterocycles. The van der Waals surface area contributed by atoms with Crippen LogP contribution in [0.25, 0.3) is 0 Å². The number of aliphatic hydroxyl groups is 1. The van der Waals surface area contributed by atoms with Gasteiger partial charge in [0.15, 0.2) is 0 Å². The van der Waals surface area contributed by atoms with Crippen LogP contribution in [0.2, 0.25) is 0 Å². The Morgan fingerprint density at radius 1 is 1.30 bits per heavy atom. The van der Waals surface area contributed by atoms with Crippen molar-refractivity contribution in [2.75, 3.05) is 11.9 Å². The molecule has 0 aliphatic carbocycles. The zero-order valence-corrected chi connectivity index (χ0v) is 12.7. The molecule has 0 amide bonds. The van der Waals surface area contributed by atoms with E-state index < -0.39 is 6.10 Å². The average molecular weight is 286 g/mol. The number of rotatable bonds is 4. The molecule has 0 radical (unpaired) electrons. The Labute approximate surface area is 123 Å². The first kappa shape index (κ1) is 14.6. The van der Waals surface area contributed by atoms with Gasteiger partial charge in [-0.1, -0.05) is 12.1 Å². The largest absolute Gasteiger partial charge is 0.389 e. The van der Waals surface area contributed by atoms with Crippen molar-refractivity contribution in [1.82, 2.24) is 0 Å². The normalized spacial score (nSPS) is 13.6. The zero-order chi connectivity index (χ0) is 14.7. The number of aliphatic hydroxyl groups excluding tert-OH is 1. The first-order chi connectivity index (χ1) is 9.54. The van der Waals surface area contributed by atoms with Crippen molar-refractivity contribution < 1.29 is 5.11 Å². The van der Waals surface area contributed by atoms with Gasteiger partial charge in [0.05, 0.1) is 23.8 Å². The molecule has 0 bridgehead atoms. The lowest BCUT2D eigenvalue weighted by Crippen LogP contribution is -2.22. The Balaban J connectivity index is 2.42. The summed E-state index contributed by atoms with van der Waals surface area (Å²) in [5.41, 5.74) is 2.35. The summed E-state index contributed by atoms with van der Waals surface area (Å²) in [7, 11) is 1.99. The molecule has 1 aromatic heterocycles. The molecule has 3 nitrogen and oxygen atoms in total. The number of thiophene rings is 1. The van der Waals surface area contributed by atoms with Crippen LogP contribution in [0, 0.1) is 11.3 Å². The Morgan fingerprint density at radius 3 is 2.60 bits per heavy atom. The van der Waals surface area contributed by atoms with Gasteiger partial charge in [-0.3, -0.25) is 0 Å². The summed E-state index contributed by atoms with van der Waals surface area (Å²) in [6, 6.07) is 11.9. The minimum absolute atomic E-state index is 0.196. The fourth-order valence-corrected chi connectivity index (χ4v) is 3.03. The second-order valence-electron chi connectivity index (χ2n) is 4.86. The van der Waals surface area contributed by atoms with E-state index in [2.05, 4.69) is 29.3 Å². The molecule has 0 saturated heterocycles. The summed E-state index contributed by atoms with van der Waals surface area (Å²) in [4.78, 5) is 3.36. The average Bonchev–Trinajstić information content (AvgIpc) is 2.99. The molecule has 2 atom stereocenters. The van der Waals surface area contributed by atoms with Gasteiger partial charge in [-0.15, -0.1) is 11.3 Å². The van der Waals surface area contributed by atoms with Gasteiger partial charge in [0, 0.05) is 23.2 Å². The maximum absolute atomic E-state index is 9.92. The predicted octanol–water partition coefficient (Wildman–Crippen LogP) is 3.87. The molecule has 2 aromatic rings. The van der Waals surface area contributed by atoms with Crippen molar-refractivity contribution in [2.24, 2.45) is 0 Å². The van der Waals surface area contributed by atoms with Gasteiger partial charge in [0.1, 0.15) is 0 Å². The van der Waals surface area contributed by atoms with E-state index in [0.717, 1.165) is 11.3 Å². The maximum Gasteiger partial charge on any atom is 0.0992 e. The lowest BCUT2D eigenvalue weighted by Gasteiger charge is -2.29. The Kier molecular flexibility index (Phi) is 4.43. The van der Waals surface area contributed by atoms with Crippen LogP contribution < -0.4 is 4.90 Å². The van der Waals surface area contributed by atoms with Crippen molar-refractivity contribution in [3.63, 3.8) is 0 Å². The number of hydrogen-bond donors (Lipinski definition) is 1. The van der Waals surface area contributed by atoms with Crippen molar-refractivity contribution in [1.29, 1.82) is 5.26 Å². The molecule has 4 heteroatoms. The molecule has 1 unspecified atom stereocenters. The highest BCUT2D eigenvalue weighted by Gasteiger charge is 2.18. The minimum Gasteiger partial charge on any atom is -0.389 e. The number of anilines is 1. The molecule has 0 aliphatic rings. The molecule has 2 rings (SSSR count). The fraction of sp³-hybridized carbons (Fsp3) is 0.312. The number of benzene rings is 1. The van der Waals surface area contributed by atoms with Crippen LogP contribution in [0.3, 0.4) is 0 Å². The lowest BCUT2D eigenvalue weighted by molar-refractivity contribution is 0.199. The summed E-state index contributed by atoms with van der Waals surface area (Å²) in [5.74, 6) is 0. The second kappa shape index (κ2) is 6.08. The van der Waals surface area contributed by atoms with E-state index in [1.54, 1.807) is 24.3 Å². The van der Waals surface area contributed by atoms with E-state index in [9.17, 15) is 5.11 Å². The quantitative estimate of drug-likeness (QED) is 0.928. The smallest absolute Gasteiger partial charge is 0.0992 e. The molecule has 1 N–H and O–H groups in total. The van der Waals surface area contributed by atoms with E-state index in [-0.39, 0.29) is 6.04 Å². The van der Waals surface area contributed by atoms with Crippen molar-refractivity contribution in [3.05, 3.63) is 51.7 Å². The van der Waals surface area contributed by atoms with E-state index in [4.69, 9.17) is 5.26 Å².